The van der Waals surface area contributed by atoms with Crippen molar-refractivity contribution in [2.24, 2.45) is 17.8 Å². The summed E-state index contributed by atoms with van der Waals surface area (Å²) >= 11 is 0. The average Bonchev–Trinajstić information content (AvgIpc) is 2.71. The summed E-state index contributed by atoms with van der Waals surface area (Å²) in [7, 11) is 5.49. The van der Waals surface area contributed by atoms with Gasteiger partial charge < -0.3 is 14.4 Å². The lowest BCUT2D eigenvalue weighted by atomic mass is 9.52. The molecular weight excluding hydrogens is 376 g/mol. The predicted octanol–water partition coefficient (Wildman–Crippen LogP) is 3.96. The molecule has 4 aliphatic rings. The first-order chi connectivity index (χ1) is 14.5. The maximum Gasteiger partial charge on any atom is 0.237 e. The third kappa shape index (κ3) is 4.67. The summed E-state index contributed by atoms with van der Waals surface area (Å²) in [4.78, 5) is 18.1. The van der Waals surface area contributed by atoms with E-state index < -0.39 is 0 Å². The molecule has 5 rings (SSSR count). The third-order valence-corrected chi connectivity index (χ3v) is 7.65. The molecule has 0 atom stereocenters. The molecule has 0 aliphatic heterocycles. The number of amides is 1. The smallest absolute Gasteiger partial charge is 0.237 e. The van der Waals surface area contributed by atoms with Crippen molar-refractivity contribution in [1.82, 2.24) is 9.80 Å². The molecule has 1 aromatic carbocycles. The van der Waals surface area contributed by atoms with Crippen LogP contribution in [0, 0.1) is 17.8 Å². The lowest BCUT2D eigenvalue weighted by Gasteiger charge is -2.60. The molecule has 0 spiro atoms. The fourth-order valence-corrected chi connectivity index (χ4v) is 6.74. The summed E-state index contributed by atoms with van der Waals surface area (Å²) in [6.45, 7) is 2.79. The fraction of sp³-hybridized carbons (Fsp3) is 0.720. The van der Waals surface area contributed by atoms with E-state index in [0.29, 0.717) is 13.1 Å². The van der Waals surface area contributed by atoms with Crippen LogP contribution in [0.1, 0.15) is 50.5 Å². The van der Waals surface area contributed by atoms with E-state index in [1.807, 2.05) is 12.1 Å². The topological polar surface area (TPSA) is 42.0 Å². The number of nitrogens with zero attached hydrogens (tertiary/aromatic N) is 2. The highest BCUT2D eigenvalue weighted by Crippen LogP contribution is 2.58. The van der Waals surface area contributed by atoms with E-state index in [1.165, 1.54) is 44.1 Å². The summed E-state index contributed by atoms with van der Waals surface area (Å²) in [5, 5.41) is 0. The molecular formula is C25H38N2O3. The van der Waals surface area contributed by atoms with E-state index in [9.17, 15) is 4.79 Å². The normalized spacial score (nSPS) is 29.4. The molecule has 4 bridgehead atoms. The molecule has 1 amide bonds. The van der Waals surface area contributed by atoms with Gasteiger partial charge in [-0.05, 0) is 87.4 Å². The number of ether oxygens (including phenoxy) is 2. The molecule has 0 saturated heterocycles. The van der Waals surface area contributed by atoms with Crippen LogP contribution < -0.4 is 4.74 Å². The molecule has 0 radical (unpaired) electrons. The van der Waals surface area contributed by atoms with E-state index in [-0.39, 0.29) is 11.4 Å². The van der Waals surface area contributed by atoms with Crippen LogP contribution in [0.15, 0.2) is 24.3 Å². The van der Waals surface area contributed by atoms with Crippen LogP contribution in [0.3, 0.4) is 0 Å². The van der Waals surface area contributed by atoms with Crippen molar-refractivity contribution in [1.29, 1.82) is 0 Å². The second-order valence-electron chi connectivity index (χ2n) is 10.1. The highest BCUT2D eigenvalue weighted by molar-refractivity contribution is 5.79. The maximum atomic E-state index is 13.7. The fourth-order valence-electron chi connectivity index (χ4n) is 6.74. The lowest BCUT2D eigenvalue weighted by molar-refractivity contribution is -0.153. The number of benzene rings is 1. The Bertz CT molecular complexity index is 700. The van der Waals surface area contributed by atoms with Gasteiger partial charge in [0.15, 0.2) is 0 Å². The van der Waals surface area contributed by atoms with Crippen molar-refractivity contribution in [3.05, 3.63) is 29.8 Å². The Morgan fingerprint density at radius 2 is 1.77 bits per heavy atom. The first-order valence-electron chi connectivity index (χ1n) is 11.6. The van der Waals surface area contributed by atoms with Gasteiger partial charge in [-0.15, -0.1) is 0 Å². The minimum atomic E-state index is 0.0578. The second kappa shape index (κ2) is 9.27. The summed E-state index contributed by atoms with van der Waals surface area (Å²) in [6, 6.07) is 8.23. The first kappa shape index (κ1) is 21.6. The summed E-state index contributed by atoms with van der Waals surface area (Å²) < 4.78 is 10.6. The van der Waals surface area contributed by atoms with Crippen LogP contribution in [0.2, 0.25) is 0 Å². The Kier molecular flexibility index (Phi) is 6.69. The van der Waals surface area contributed by atoms with Crippen LogP contribution in [-0.4, -0.2) is 62.2 Å². The molecule has 4 aliphatic carbocycles. The molecule has 30 heavy (non-hydrogen) atoms. The van der Waals surface area contributed by atoms with Crippen molar-refractivity contribution in [3.8, 4) is 5.75 Å². The Morgan fingerprint density at radius 3 is 2.37 bits per heavy atom. The second-order valence-corrected chi connectivity index (χ2v) is 10.1. The van der Waals surface area contributed by atoms with Gasteiger partial charge in [-0.1, -0.05) is 12.1 Å². The van der Waals surface area contributed by atoms with Crippen molar-refractivity contribution in [2.75, 3.05) is 41.0 Å². The van der Waals surface area contributed by atoms with Crippen LogP contribution >= 0.6 is 0 Å². The molecule has 0 N–H and O–H groups in total. The monoisotopic (exact) mass is 414 g/mol. The van der Waals surface area contributed by atoms with Gasteiger partial charge in [0.1, 0.15) is 5.75 Å². The van der Waals surface area contributed by atoms with Crippen LogP contribution in [0.25, 0.3) is 0 Å². The molecule has 4 saturated carbocycles. The van der Waals surface area contributed by atoms with Crippen molar-refractivity contribution >= 4 is 5.91 Å². The van der Waals surface area contributed by atoms with Gasteiger partial charge in [0.25, 0.3) is 0 Å². The predicted molar refractivity (Wildman–Crippen MR) is 118 cm³/mol. The zero-order valence-electron chi connectivity index (χ0n) is 18.9. The molecule has 166 valence electrons. The van der Waals surface area contributed by atoms with Crippen LogP contribution in [0.5, 0.6) is 5.75 Å². The molecule has 5 heteroatoms. The number of carbonyl (C=O) groups is 1. The number of hydrogen-bond donors (Lipinski definition) is 0. The Hall–Kier alpha value is -1.59. The molecule has 0 aromatic heterocycles. The highest BCUT2D eigenvalue weighted by atomic mass is 16.5. The van der Waals surface area contributed by atoms with E-state index in [1.54, 1.807) is 14.2 Å². The standard InChI is InChI=1S/C25H38N2O3/c1-26(8-5-9-29-2)18-24(28)27(17-19-6-4-7-23(13-19)30-3)25-14-20-10-21(15-25)12-22(11-20)16-25/h4,6-7,13,20-22H,5,8-12,14-18H2,1-3H3. The van der Waals surface area contributed by atoms with Gasteiger partial charge in [-0.3, -0.25) is 9.69 Å². The molecule has 0 unspecified atom stereocenters. The number of rotatable bonds is 10. The average molecular weight is 415 g/mol. The third-order valence-electron chi connectivity index (χ3n) is 7.65. The van der Waals surface area contributed by atoms with Gasteiger partial charge in [0.05, 0.1) is 13.7 Å². The van der Waals surface area contributed by atoms with Gasteiger partial charge in [-0.25, -0.2) is 0 Å². The first-order valence-corrected chi connectivity index (χ1v) is 11.6. The van der Waals surface area contributed by atoms with Gasteiger partial charge >= 0.3 is 0 Å². The van der Waals surface area contributed by atoms with Crippen molar-refractivity contribution < 1.29 is 14.3 Å². The number of likely N-dealkylation sites (N-methyl/N-ethyl adjacent to an activating group) is 1. The number of carbonyl (C=O) groups excluding carboxylic acids is 1. The molecule has 0 heterocycles. The molecule has 5 nitrogen and oxygen atoms in total. The van der Waals surface area contributed by atoms with Crippen LogP contribution in [0.4, 0.5) is 0 Å². The van der Waals surface area contributed by atoms with Crippen molar-refractivity contribution in [3.63, 3.8) is 0 Å². The molecule has 4 fully saturated rings. The van der Waals surface area contributed by atoms with Crippen molar-refractivity contribution in [2.45, 2.75) is 57.0 Å². The summed E-state index contributed by atoms with van der Waals surface area (Å²) in [5.74, 6) is 3.59. The Balaban J connectivity index is 1.54. The van der Waals surface area contributed by atoms with E-state index >= 15 is 0 Å². The lowest BCUT2D eigenvalue weighted by Crippen LogP contribution is -2.62. The quantitative estimate of drug-likeness (QED) is 0.544. The van der Waals surface area contributed by atoms with E-state index in [4.69, 9.17) is 9.47 Å². The minimum absolute atomic E-state index is 0.0578. The van der Waals surface area contributed by atoms with Gasteiger partial charge in [0, 0.05) is 32.3 Å². The van der Waals surface area contributed by atoms with Gasteiger partial charge in [0.2, 0.25) is 5.91 Å². The summed E-state index contributed by atoms with van der Waals surface area (Å²) in [5.41, 5.74) is 1.22. The highest BCUT2D eigenvalue weighted by Gasteiger charge is 2.54. The Labute approximate surface area is 181 Å². The maximum absolute atomic E-state index is 13.7. The number of hydrogen-bond acceptors (Lipinski definition) is 4. The zero-order chi connectivity index (χ0) is 21.1. The molecule has 1 aromatic rings. The SMILES string of the molecule is COCCCN(C)CC(=O)N(Cc1cccc(OC)c1)C12CC3CC(CC(C3)C1)C2. The zero-order valence-corrected chi connectivity index (χ0v) is 18.9. The minimum Gasteiger partial charge on any atom is -0.497 e. The van der Waals surface area contributed by atoms with Gasteiger partial charge in [-0.2, -0.15) is 0 Å². The van der Waals surface area contributed by atoms with E-state index in [2.05, 4.69) is 29.0 Å². The summed E-state index contributed by atoms with van der Waals surface area (Å²) in [6.07, 6.45) is 8.70. The number of methoxy groups -OCH3 is 2. The Morgan fingerprint density at radius 1 is 1.10 bits per heavy atom. The van der Waals surface area contributed by atoms with E-state index in [0.717, 1.165) is 43.1 Å². The largest absolute Gasteiger partial charge is 0.497 e. The van der Waals surface area contributed by atoms with Crippen LogP contribution in [-0.2, 0) is 16.1 Å².